The van der Waals surface area contributed by atoms with E-state index in [4.69, 9.17) is 11.1 Å². The Kier molecular flexibility index (Phi) is 3.54. The molecule has 5 nitrogen and oxygen atoms in total. The van der Waals surface area contributed by atoms with Gasteiger partial charge in [0.15, 0.2) is 0 Å². The molecule has 6 heteroatoms. The Morgan fingerprint density at radius 1 is 1.44 bits per heavy atom. The van der Waals surface area contributed by atoms with Crippen LogP contribution >= 0.6 is 0 Å². The van der Waals surface area contributed by atoms with Crippen molar-refractivity contribution in [1.82, 2.24) is 0 Å². The van der Waals surface area contributed by atoms with E-state index in [1.807, 2.05) is 0 Å². The van der Waals surface area contributed by atoms with E-state index >= 15 is 0 Å². The quantitative estimate of drug-likeness (QED) is 0.544. The van der Waals surface area contributed by atoms with E-state index in [2.05, 4.69) is 4.72 Å². The molecule has 1 aromatic carbocycles. The average molecular weight is 241 g/mol. The van der Waals surface area contributed by atoms with Crippen LogP contribution in [-0.4, -0.2) is 19.5 Å². The van der Waals surface area contributed by atoms with Crippen molar-refractivity contribution in [2.45, 2.75) is 19.1 Å². The number of nitrogen functional groups attached to an aromatic ring is 1. The van der Waals surface area contributed by atoms with Crippen molar-refractivity contribution < 1.29 is 8.42 Å². The first-order valence-electron chi connectivity index (χ1n) is 4.79. The SMILES string of the molecule is CC(C)S(=O)(=O)Nc1cccc(C(=N)N)c1. The summed E-state index contributed by atoms with van der Waals surface area (Å²) in [5.74, 6) is -0.0920. The minimum absolute atomic E-state index is 0.0920. The fraction of sp³-hybridized carbons (Fsp3) is 0.300. The Bertz CT molecular complexity index is 495. The number of hydrogen-bond donors (Lipinski definition) is 3. The molecule has 0 aliphatic heterocycles. The lowest BCUT2D eigenvalue weighted by Crippen LogP contribution is -2.22. The molecule has 1 aromatic rings. The third-order valence-electron chi connectivity index (χ3n) is 2.05. The summed E-state index contributed by atoms with van der Waals surface area (Å²) in [6.07, 6.45) is 0. The molecule has 0 aromatic heterocycles. The van der Waals surface area contributed by atoms with Gasteiger partial charge in [-0.1, -0.05) is 12.1 Å². The van der Waals surface area contributed by atoms with E-state index in [1.54, 1.807) is 32.0 Å². The maximum atomic E-state index is 11.6. The fourth-order valence-corrected chi connectivity index (χ4v) is 1.72. The van der Waals surface area contributed by atoms with Gasteiger partial charge in [-0.25, -0.2) is 8.42 Å². The van der Waals surface area contributed by atoms with Crippen LogP contribution in [-0.2, 0) is 10.0 Å². The lowest BCUT2D eigenvalue weighted by Gasteiger charge is -2.11. The summed E-state index contributed by atoms with van der Waals surface area (Å²) in [6.45, 7) is 3.19. The number of amidine groups is 1. The molecule has 0 bridgehead atoms. The fourth-order valence-electron chi connectivity index (χ4n) is 1.03. The number of nitrogens with one attached hydrogen (secondary N) is 2. The summed E-state index contributed by atoms with van der Waals surface area (Å²) in [6, 6.07) is 6.44. The van der Waals surface area contributed by atoms with E-state index in [1.165, 1.54) is 6.07 Å². The zero-order chi connectivity index (χ0) is 12.3. The molecule has 0 saturated carbocycles. The Labute approximate surface area is 95.2 Å². The average Bonchev–Trinajstić information content (AvgIpc) is 2.17. The summed E-state index contributed by atoms with van der Waals surface area (Å²) in [7, 11) is -3.36. The molecule has 0 aliphatic rings. The zero-order valence-corrected chi connectivity index (χ0v) is 10.0. The van der Waals surface area contributed by atoms with E-state index in [9.17, 15) is 8.42 Å². The molecule has 88 valence electrons. The van der Waals surface area contributed by atoms with Crippen LogP contribution in [0.2, 0.25) is 0 Å². The van der Waals surface area contributed by atoms with E-state index < -0.39 is 15.3 Å². The van der Waals surface area contributed by atoms with Crippen molar-refractivity contribution in [2.75, 3.05) is 4.72 Å². The molecule has 0 fully saturated rings. The van der Waals surface area contributed by atoms with Crippen LogP contribution in [0.1, 0.15) is 19.4 Å². The summed E-state index contributed by atoms with van der Waals surface area (Å²) in [5, 5.41) is 6.74. The second-order valence-corrected chi connectivity index (χ2v) is 5.93. The van der Waals surface area contributed by atoms with Crippen LogP contribution in [0.4, 0.5) is 5.69 Å². The van der Waals surface area contributed by atoms with Crippen molar-refractivity contribution in [2.24, 2.45) is 5.73 Å². The lowest BCUT2D eigenvalue weighted by molar-refractivity contribution is 0.593. The Hall–Kier alpha value is -1.56. The monoisotopic (exact) mass is 241 g/mol. The first-order valence-corrected chi connectivity index (χ1v) is 6.33. The molecule has 0 spiro atoms. The molecule has 0 radical (unpaired) electrons. The highest BCUT2D eigenvalue weighted by molar-refractivity contribution is 7.93. The van der Waals surface area contributed by atoms with Crippen LogP contribution in [0.15, 0.2) is 24.3 Å². The van der Waals surface area contributed by atoms with Gasteiger partial charge in [-0.3, -0.25) is 10.1 Å². The minimum atomic E-state index is -3.36. The van der Waals surface area contributed by atoms with Crippen LogP contribution in [0.5, 0.6) is 0 Å². The van der Waals surface area contributed by atoms with Crippen molar-refractivity contribution in [3.63, 3.8) is 0 Å². The van der Waals surface area contributed by atoms with Crippen molar-refractivity contribution in [3.05, 3.63) is 29.8 Å². The van der Waals surface area contributed by atoms with Gasteiger partial charge in [0.05, 0.1) is 5.25 Å². The van der Waals surface area contributed by atoms with Crippen molar-refractivity contribution >= 4 is 21.5 Å². The normalized spacial score (nSPS) is 11.4. The van der Waals surface area contributed by atoms with Gasteiger partial charge in [0, 0.05) is 11.3 Å². The number of sulfonamides is 1. The Balaban J connectivity index is 2.99. The minimum Gasteiger partial charge on any atom is -0.384 e. The molecule has 1 rings (SSSR count). The van der Waals surface area contributed by atoms with E-state index in [-0.39, 0.29) is 5.84 Å². The summed E-state index contributed by atoms with van der Waals surface area (Å²) < 4.78 is 25.6. The predicted octanol–water partition coefficient (Wildman–Crippen LogP) is 1.12. The molecule has 4 N–H and O–H groups in total. The number of benzene rings is 1. The summed E-state index contributed by atoms with van der Waals surface area (Å²) in [5.41, 5.74) is 6.22. The third-order valence-corrected chi connectivity index (χ3v) is 3.82. The van der Waals surface area contributed by atoms with Gasteiger partial charge in [0.25, 0.3) is 0 Å². The largest absolute Gasteiger partial charge is 0.384 e. The van der Waals surface area contributed by atoms with Crippen molar-refractivity contribution in [1.29, 1.82) is 5.41 Å². The highest BCUT2D eigenvalue weighted by atomic mass is 32.2. The van der Waals surface area contributed by atoms with Crippen LogP contribution < -0.4 is 10.5 Å². The molecule has 0 saturated heterocycles. The predicted molar refractivity (Wildman–Crippen MR) is 65.1 cm³/mol. The lowest BCUT2D eigenvalue weighted by atomic mass is 10.2. The van der Waals surface area contributed by atoms with Crippen molar-refractivity contribution in [3.8, 4) is 0 Å². The molecule has 0 atom stereocenters. The maximum absolute atomic E-state index is 11.6. The first kappa shape index (κ1) is 12.5. The molecule has 0 unspecified atom stereocenters. The Morgan fingerprint density at radius 2 is 2.06 bits per heavy atom. The number of anilines is 1. The van der Waals surface area contributed by atoms with Gasteiger partial charge >= 0.3 is 0 Å². The van der Waals surface area contributed by atoms with Crippen LogP contribution in [0.25, 0.3) is 0 Å². The van der Waals surface area contributed by atoms with Gasteiger partial charge < -0.3 is 5.73 Å². The Morgan fingerprint density at radius 3 is 2.56 bits per heavy atom. The highest BCUT2D eigenvalue weighted by Gasteiger charge is 2.15. The molecule has 0 aliphatic carbocycles. The van der Waals surface area contributed by atoms with Gasteiger partial charge in [-0.15, -0.1) is 0 Å². The smallest absolute Gasteiger partial charge is 0.235 e. The third kappa shape index (κ3) is 2.96. The second-order valence-electron chi connectivity index (χ2n) is 3.69. The first-order chi connectivity index (χ1) is 7.33. The summed E-state index contributed by atoms with van der Waals surface area (Å²) >= 11 is 0. The number of hydrogen-bond acceptors (Lipinski definition) is 3. The van der Waals surface area contributed by atoms with Gasteiger partial charge in [-0.2, -0.15) is 0 Å². The number of rotatable bonds is 4. The molecular weight excluding hydrogens is 226 g/mol. The zero-order valence-electron chi connectivity index (χ0n) is 9.19. The summed E-state index contributed by atoms with van der Waals surface area (Å²) in [4.78, 5) is 0. The second kappa shape index (κ2) is 4.52. The molecule has 0 heterocycles. The van der Waals surface area contributed by atoms with Gasteiger partial charge in [0.2, 0.25) is 10.0 Å². The van der Waals surface area contributed by atoms with E-state index in [0.717, 1.165) is 0 Å². The van der Waals surface area contributed by atoms with Crippen LogP contribution in [0, 0.1) is 5.41 Å². The van der Waals surface area contributed by atoms with Gasteiger partial charge in [-0.05, 0) is 26.0 Å². The van der Waals surface area contributed by atoms with Crippen LogP contribution in [0.3, 0.4) is 0 Å². The molecular formula is C10H15N3O2S. The van der Waals surface area contributed by atoms with E-state index in [0.29, 0.717) is 11.3 Å². The van der Waals surface area contributed by atoms with Gasteiger partial charge in [0.1, 0.15) is 5.84 Å². The topological polar surface area (TPSA) is 96.0 Å². The highest BCUT2D eigenvalue weighted by Crippen LogP contribution is 2.13. The number of nitrogens with two attached hydrogens (primary N) is 1. The standard InChI is InChI=1S/C10H15N3O2S/c1-7(2)16(14,15)13-9-5-3-4-8(6-9)10(11)12/h3-7,13H,1-2H3,(H3,11,12). The maximum Gasteiger partial charge on any atom is 0.235 e. The molecule has 16 heavy (non-hydrogen) atoms. The molecule has 0 amide bonds.